The van der Waals surface area contributed by atoms with E-state index >= 15 is 0 Å². The molecule has 2 heterocycles. The number of halogens is 3. The fraction of sp³-hybridized carbons (Fsp3) is 0.650. The fourth-order valence-electron chi connectivity index (χ4n) is 4.58. The van der Waals surface area contributed by atoms with Crippen molar-refractivity contribution < 1.29 is 9.18 Å². The molecule has 1 amide bonds. The number of likely N-dealkylation sites (tertiary alicyclic amines) is 1. The van der Waals surface area contributed by atoms with Gasteiger partial charge in [-0.25, -0.2) is 4.39 Å². The first-order valence-corrected chi connectivity index (χ1v) is 9.63. The summed E-state index contributed by atoms with van der Waals surface area (Å²) in [4.78, 5) is 15.0. The fourth-order valence-corrected chi connectivity index (χ4v) is 4.58. The Hall–Kier alpha value is -0.880. The van der Waals surface area contributed by atoms with Crippen LogP contribution in [0, 0.1) is 17.2 Å². The van der Waals surface area contributed by atoms with Gasteiger partial charge in [0.05, 0.1) is 0 Å². The number of amides is 1. The number of nitrogens with zero attached hydrogens (tertiary/aromatic N) is 1. The highest BCUT2D eigenvalue weighted by Crippen LogP contribution is 2.58. The Bertz CT molecular complexity index is 614. The van der Waals surface area contributed by atoms with Crippen LogP contribution in [0.25, 0.3) is 0 Å². The first-order valence-electron chi connectivity index (χ1n) is 9.63. The molecule has 3 aliphatic rings. The topological polar surface area (TPSA) is 44.4 Å². The third-order valence-corrected chi connectivity index (χ3v) is 6.36. The Labute approximate surface area is 173 Å². The monoisotopic (exact) mass is 417 g/mol. The Kier molecular flexibility index (Phi) is 7.93. The standard InChI is InChI=1S/C20H28FN3O.2ClH/c21-16-3-1-15(2-4-16)14-24-11-5-17(6-12-24)23-19(25)18-13-20(18)7-9-22-10-8-20;;/h1-4,17-18,22H,5-14H2,(H,23,25);2*1H. The molecule has 7 heteroatoms. The lowest BCUT2D eigenvalue weighted by Gasteiger charge is -2.32. The van der Waals surface area contributed by atoms with E-state index in [1.54, 1.807) is 0 Å². The summed E-state index contributed by atoms with van der Waals surface area (Å²) in [6, 6.07) is 7.07. The molecule has 1 aromatic rings. The van der Waals surface area contributed by atoms with E-state index in [2.05, 4.69) is 15.5 Å². The third kappa shape index (κ3) is 5.35. The summed E-state index contributed by atoms with van der Waals surface area (Å²) in [7, 11) is 0. The average Bonchev–Trinajstić information content (AvgIpc) is 3.32. The summed E-state index contributed by atoms with van der Waals surface area (Å²) in [6.45, 7) is 4.96. The van der Waals surface area contributed by atoms with Gasteiger partial charge in [0.2, 0.25) is 5.91 Å². The maximum atomic E-state index is 13.0. The maximum absolute atomic E-state index is 13.0. The highest BCUT2D eigenvalue weighted by atomic mass is 35.5. The summed E-state index contributed by atoms with van der Waals surface area (Å²) in [6.07, 6.45) is 5.41. The van der Waals surface area contributed by atoms with Crippen molar-refractivity contribution in [3.63, 3.8) is 0 Å². The summed E-state index contributed by atoms with van der Waals surface area (Å²) in [5, 5.41) is 6.70. The average molecular weight is 418 g/mol. The van der Waals surface area contributed by atoms with E-state index in [-0.39, 0.29) is 36.5 Å². The predicted octanol–water partition coefficient (Wildman–Crippen LogP) is 3.14. The van der Waals surface area contributed by atoms with Crippen LogP contribution in [0.15, 0.2) is 24.3 Å². The molecule has 1 aromatic carbocycles. The number of hydrogen-bond donors (Lipinski definition) is 2. The predicted molar refractivity (Wildman–Crippen MR) is 110 cm³/mol. The summed E-state index contributed by atoms with van der Waals surface area (Å²) >= 11 is 0. The van der Waals surface area contributed by atoms with Crippen molar-refractivity contribution in [2.24, 2.45) is 11.3 Å². The van der Waals surface area contributed by atoms with Crippen LogP contribution in [-0.2, 0) is 11.3 Å². The van der Waals surface area contributed by atoms with Crippen molar-refractivity contribution in [1.82, 2.24) is 15.5 Å². The van der Waals surface area contributed by atoms with E-state index in [1.807, 2.05) is 12.1 Å². The minimum atomic E-state index is -0.184. The van der Waals surface area contributed by atoms with Gasteiger partial charge in [0.1, 0.15) is 5.82 Å². The molecule has 2 saturated heterocycles. The third-order valence-electron chi connectivity index (χ3n) is 6.36. The molecule has 1 aliphatic carbocycles. The van der Waals surface area contributed by atoms with Gasteiger partial charge in [0.25, 0.3) is 0 Å². The van der Waals surface area contributed by atoms with Gasteiger partial charge in [-0.2, -0.15) is 0 Å². The van der Waals surface area contributed by atoms with Crippen LogP contribution in [0.4, 0.5) is 4.39 Å². The van der Waals surface area contributed by atoms with E-state index < -0.39 is 0 Å². The van der Waals surface area contributed by atoms with Gasteiger partial charge in [0.15, 0.2) is 0 Å². The Morgan fingerprint density at radius 3 is 2.41 bits per heavy atom. The van der Waals surface area contributed by atoms with Crippen molar-refractivity contribution in [1.29, 1.82) is 0 Å². The molecular formula is C20H30Cl2FN3O. The van der Waals surface area contributed by atoms with Gasteiger partial charge < -0.3 is 10.6 Å². The Balaban J connectivity index is 0.00000131. The number of carbonyl (C=O) groups excluding carboxylic acids is 1. The minimum Gasteiger partial charge on any atom is -0.353 e. The molecule has 3 fully saturated rings. The summed E-state index contributed by atoms with van der Waals surface area (Å²) < 4.78 is 13.0. The van der Waals surface area contributed by atoms with Crippen molar-refractivity contribution in [2.75, 3.05) is 26.2 Å². The number of piperidine rings is 2. The Morgan fingerprint density at radius 1 is 1.15 bits per heavy atom. The van der Waals surface area contributed by atoms with Gasteiger partial charge in [0, 0.05) is 31.6 Å². The van der Waals surface area contributed by atoms with Gasteiger partial charge in [-0.05, 0) is 68.3 Å². The zero-order valence-electron chi connectivity index (χ0n) is 15.6. The second-order valence-electron chi connectivity index (χ2n) is 8.05. The van der Waals surface area contributed by atoms with E-state index in [9.17, 15) is 9.18 Å². The van der Waals surface area contributed by atoms with E-state index in [1.165, 1.54) is 12.1 Å². The lowest BCUT2D eigenvalue weighted by Crippen LogP contribution is -2.45. The molecule has 4 rings (SSSR count). The molecule has 2 aliphatic heterocycles. The van der Waals surface area contributed by atoms with Crippen LogP contribution in [0.3, 0.4) is 0 Å². The van der Waals surface area contributed by atoms with Gasteiger partial charge in [-0.15, -0.1) is 24.8 Å². The van der Waals surface area contributed by atoms with Crippen molar-refractivity contribution >= 4 is 30.7 Å². The van der Waals surface area contributed by atoms with Crippen molar-refractivity contribution in [2.45, 2.75) is 44.7 Å². The molecule has 1 saturated carbocycles. The number of carbonyl (C=O) groups is 1. The molecule has 0 aromatic heterocycles. The van der Waals surface area contributed by atoms with Crippen LogP contribution in [0.1, 0.15) is 37.7 Å². The lowest BCUT2D eigenvalue weighted by atomic mass is 9.91. The number of rotatable bonds is 4. The van der Waals surface area contributed by atoms with Crippen LogP contribution in [0.5, 0.6) is 0 Å². The summed E-state index contributed by atoms with van der Waals surface area (Å²) in [5.74, 6) is 0.363. The zero-order chi connectivity index (χ0) is 17.3. The summed E-state index contributed by atoms with van der Waals surface area (Å²) in [5.41, 5.74) is 1.47. The first-order chi connectivity index (χ1) is 12.1. The quantitative estimate of drug-likeness (QED) is 0.790. The minimum absolute atomic E-state index is 0. The van der Waals surface area contributed by atoms with Crippen LogP contribution in [-0.4, -0.2) is 43.0 Å². The van der Waals surface area contributed by atoms with Gasteiger partial charge in [-0.3, -0.25) is 9.69 Å². The number of nitrogens with one attached hydrogen (secondary N) is 2. The second-order valence-corrected chi connectivity index (χ2v) is 8.05. The molecule has 27 heavy (non-hydrogen) atoms. The van der Waals surface area contributed by atoms with Gasteiger partial charge >= 0.3 is 0 Å². The number of hydrogen-bond acceptors (Lipinski definition) is 3. The van der Waals surface area contributed by atoms with Crippen molar-refractivity contribution in [3.8, 4) is 0 Å². The normalized spacial score (nSPS) is 24.6. The highest BCUT2D eigenvalue weighted by molar-refractivity contribution is 5.85. The molecule has 1 spiro atoms. The molecule has 152 valence electrons. The van der Waals surface area contributed by atoms with Crippen molar-refractivity contribution in [3.05, 3.63) is 35.6 Å². The molecule has 0 bridgehead atoms. The SMILES string of the molecule is Cl.Cl.O=C(NC1CCN(Cc2ccc(F)cc2)CC1)C1CC12CCNCC2. The van der Waals surface area contributed by atoms with Crippen LogP contribution >= 0.6 is 24.8 Å². The van der Waals surface area contributed by atoms with E-state index in [4.69, 9.17) is 0 Å². The first kappa shape index (κ1) is 22.4. The van der Waals surface area contributed by atoms with Crippen LogP contribution in [0.2, 0.25) is 0 Å². The molecule has 2 N–H and O–H groups in total. The molecule has 1 atom stereocenters. The molecule has 4 nitrogen and oxygen atoms in total. The lowest BCUT2D eigenvalue weighted by molar-refractivity contribution is -0.124. The zero-order valence-corrected chi connectivity index (χ0v) is 17.2. The smallest absolute Gasteiger partial charge is 0.223 e. The molecule has 1 unspecified atom stereocenters. The molecule has 0 radical (unpaired) electrons. The second kappa shape index (κ2) is 9.55. The highest BCUT2D eigenvalue weighted by Gasteiger charge is 2.57. The van der Waals surface area contributed by atoms with Gasteiger partial charge in [-0.1, -0.05) is 12.1 Å². The van der Waals surface area contributed by atoms with E-state index in [0.29, 0.717) is 17.4 Å². The van der Waals surface area contributed by atoms with Crippen LogP contribution < -0.4 is 10.6 Å². The largest absolute Gasteiger partial charge is 0.353 e. The Morgan fingerprint density at radius 2 is 1.78 bits per heavy atom. The number of benzene rings is 1. The van der Waals surface area contributed by atoms with E-state index in [0.717, 1.165) is 70.4 Å². The molecular weight excluding hydrogens is 388 g/mol. The maximum Gasteiger partial charge on any atom is 0.223 e.